The van der Waals surface area contributed by atoms with Gasteiger partial charge in [0.2, 0.25) is 0 Å². The molecule has 3 rings (SSSR count). The molecule has 0 aliphatic rings. The highest BCUT2D eigenvalue weighted by Crippen LogP contribution is 2.29. The summed E-state index contributed by atoms with van der Waals surface area (Å²) >= 11 is 7.91. The number of hydrogen-bond acceptors (Lipinski definition) is 4. The lowest BCUT2D eigenvalue weighted by Gasteiger charge is -2.07. The maximum atomic E-state index is 13.6. The van der Waals surface area contributed by atoms with Crippen LogP contribution >= 0.6 is 43.2 Å². The Kier molecular flexibility index (Phi) is 4.93. The standard InChI is InChI=1S/C15H9Br2FN2O2S/c16-8-4-5-11(9(17)6-8)22-7-13(21)19-15-20-14-10(18)2-1-3-12(14)23-15/h1-6H,7H2,(H,19,20,21). The summed E-state index contributed by atoms with van der Waals surface area (Å²) in [4.78, 5) is 16.0. The van der Waals surface area contributed by atoms with Crippen molar-refractivity contribution in [1.29, 1.82) is 0 Å². The fraction of sp³-hybridized carbons (Fsp3) is 0.0667. The van der Waals surface area contributed by atoms with Crippen molar-refractivity contribution in [3.05, 3.63) is 51.2 Å². The quantitative estimate of drug-likeness (QED) is 0.598. The van der Waals surface area contributed by atoms with Crippen molar-refractivity contribution >= 4 is 64.5 Å². The minimum atomic E-state index is -0.408. The molecule has 4 nitrogen and oxygen atoms in total. The molecule has 0 bridgehead atoms. The minimum absolute atomic E-state index is 0.168. The van der Waals surface area contributed by atoms with Gasteiger partial charge >= 0.3 is 0 Å². The third kappa shape index (κ3) is 3.88. The van der Waals surface area contributed by atoms with E-state index in [1.165, 1.54) is 17.4 Å². The Morgan fingerprint density at radius 2 is 2.13 bits per heavy atom. The number of benzene rings is 2. The van der Waals surface area contributed by atoms with Gasteiger partial charge in [0.1, 0.15) is 17.1 Å². The molecule has 118 valence electrons. The van der Waals surface area contributed by atoms with Crippen molar-refractivity contribution in [3.63, 3.8) is 0 Å². The highest BCUT2D eigenvalue weighted by molar-refractivity contribution is 9.11. The number of ether oxygens (including phenoxy) is 1. The van der Waals surface area contributed by atoms with Crippen LogP contribution < -0.4 is 10.1 Å². The summed E-state index contributed by atoms with van der Waals surface area (Å²) in [5.74, 6) is -0.215. The molecular formula is C15H9Br2FN2O2S. The maximum absolute atomic E-state index is 13.6. The number of carbonyl (C=O) groups excluding carboxylic acids is 1. The highest BCUT2D eigenvalue weighted by atomic mass is 79.9. The van der Waals surface area contributed by atoms with Crippen LogP contribution in [0.3, 0.4) is 0 Å². The highest BCUT2D eigenvalue weighted by Gasteiger charge is 2.11. The predicted molar refractivity (Wildman–Crippen MR) is 95.5 cm³/mol. The first-order valence-electron chi connectivity index (χ1n) is 6.45. The molecule has 1 aromatic heterocycles. The molecule has 0 atom stereocenters. The average Bonchev–Trinajstić information content (AvgIpc) is 2.90. The predicted octanol–water partition coefficient (Wildman–Crippen LogP) is 4.98. The third-order valence-corrected chi connectivity index (χ3v) is 4.92. The fourth-order valence-corrected chi connectivity index (χ4v) is 3.92. The first kappa shape index (κ1) is 16.4. The van der Waals surface area contributed by atoms with Gasteiger partial charge in [-0.2, -0.15) is 0 Å². The summed E-state index contributed by atoms with van der Waals surface area (Å²) in [7, 11) is 0. The van der Waals surface area contributed by atoms with E-state index in [9.17, 15) is 9.18 Å². The smallest absolute Gasteiger partial charge is 0.264 e. The maximum Gasteiger partial charge on any atom is 0.264 e. The molecule has 0 fully saturated rings. The van der Waals surface area contributed by atoms with E-state index in [0.717, 1.165) is 8.95 Å². The summed E-state index contributed by atoms with van der Waals surface area (Å²) < 4.78 is 21.3. The Hall–Kier alpha value is -1.51. The first-order valence-corrected chi connectivity index (χ1v) is 8.86. The van der Waals surface area contributed by atoms with Gasteiger partial charge in [-0.3, -0.25) is 10.1 Å². The third-order valence-electron chi connectivity index (χ3n) is 2.87. The summed E-state index contributed by atoms with van der Waals surface area (Å²) in [6, 6.07) is 10.1. The van der Waals surface area contributed by atoms with Crippen LogP contribution in [0.4, 0.5) is 9.52 Å². The number of aromatic nitrogens is 1. The van der Waals surface area contributed by atoms with Crippen LogP contribution in [0.15, 0.2) is 45.3 Å². The Labute approximate surface area is 151 Å². The first-order chi connectivity index (χ1) is 11.0. The number of halogens is 3. The zero-order valence-corrected chi connectivity index (χ0v) is 15.5. The topological polar surface area (TPSA) is 51.2 Å². The molecule has 2 aromatic carbocycles. The van der Waals surface area contributed by atoms with Gasteiger partial charge < -0.3 is 4.74 Å². The normalized spacial score (nSPS) is 10.7. The van der Waals surface area contributed by atoms with Gasteiger partial charge in [0.15, 0.2) is 11.7 Å². The molecule has 1 heterocycles. The Balaban J connectivity index is 1.65. The van der Waals surface area contributed by atoms with Gasteiger partial charge in [-0.15, -0.1) is 0 Å². The van der Waals surface area contributed by atoms with Crippen LogP contribution in [-0.2, 0) is 4.79 Å². The van der Waals surface area contributed by atoms with E-state index in [1.54, 1.807) is 18.2 Å². The van der Waals surface area contributed by atoms with E-state index >= 15 is 0 Å². The number of thiazole rings is 1. The molecule has 3 aromatic rings. The molecule has 0 radical (unpaired) electrons. The summed E-state index contributed by atoms with van der Waals surface area (Å²) in [5, 5.41) is 2.95. The van der Waals surface area contributed by atoms with Crippen LogP contribution in [0.5, 0.6) is 5.75 Å². The number of rotatable bonds is 4. The van der Waals surface area contributed by atoms with Gasteiger partial charge in [-0.05, 0) is 46.3 Å². The van der Waals surface area contributed by atoms with Crippen molar-refractivity contribution in [2.75, 3.05) is 11.9 Å². The van der Waals surface area contributed by atoms with Crippen molar-refractivity contribution in [1.82, 2.24) is 4.98 Å². The van der Waals surface area contributed by atoms with E-state index in [1.807, 2.05) is 12.1 Å². The van der Waals surface area contributed by atoms with E-state index in [-0.39, 0.29) is 18.0 Å². The van der Waals surface area contributed by atoms with Crippen molar-refractivity contribution in [3.8, 4) is 5.75 Å². The monoisotopic (exact) mass is 458 g/mol. The Morgan fingerprint density at radius 3 is 2.87 bits per heavy atom. The number of hydrogen-bond donors (Lipinski definition) is 1. The molecular weight excluding hydrogens is 451 g/mol. The zero-order valence-electron chi connectivity index (χ0n) is 11.5. The van der Waals surface area contributed by atoms with Crippen LogP contribution in [-0.4, -0.2) is 17.5 Å². The molecule has 0 unspecified atom stereocenters. The fourth-order valence-electron chi connectivity index (χ4n) is 1.86. The van der Waals surface area contributed by atoms with Gasteiger partial charge in [-0.25, -0.2) is 9.37 Å². The molecule has 0 spiro atoms. The van der Waals surface area contributed by atoms with Crippen LogP contribution in [0.2, 0.25) is 0 Å². The summed E-state index contributed by atoms with van der Waals surface area (Å²) in [5.41, 5.74) is 0.254. The van der Waals surface area contributed by atoms with Crippen molar-refractivity contribution in [2.24, 2.45) is 0 Å². The molecule has 8 heteroatoms. The number of anilines is 1. The van der Waals surface area contributed by atoms with Crippen LogP contribution in [0, 0.1) is 5.82 Å². The van der Waals surface area contributed by atoms with Crippen LogP contribution in [0.25, 0.3) is 10.2 Å². The van der Waals surface area contributed by atoms with Crippen molar-refractivity contribution in [2.45, 2.75) is 0 Å². The number of fused-ring (bicyclic) bond motifs is 1. The number of carbonyl (C=O) groups is 1. The molecule has 0 saturated heterocycles. The number of nitrogens with one attached hydrogen (secondary N) is 1. The molecule has 1 amide bonds. The van der Waals surface area contributed by atoms with Gasteiger partial charge in [0.25, 0.3) is 5.91 Å². The van der Waals surface area contributed by atoms with Gasteiger partial charge in [0.05, 0.1) is 9.17 Å². The number of amides is 1. The zero-order chi connectivity index (χ0) is 16.4. The Morgan fingerprint density at radius 1 is 1.30 bits per heavy atom. The average molecular weight is 460 g/mol. The summed E-state index contributed by atoms with van der Waals surface area (Å²) in [6.07, 6.45) is 0. The number of nitrogens with zero attached hydrogens (tertiary/aromatic N) is 1. The second kappa shape index (κ2) is 6.94. The summed E-state index contributed by atoms with van der Waals surface area (Å²) in [6.45, 7) is -0.168. The number of para-hydroxylation sites is 1. The molecule has 0 aliphatic carbocycles. The van der Waals surface area contributed by atoms with Crippen molar-refractivity contribution < 1.29 is 13.9 Å². The van der Waals surface area contributed by atoms with E-state index in [0.29, 0.717) is 15.6 Å². The van der Waals surface area contributed by atoms with Gasteiger partial charge in [0, 0.05) is 4.47 Å². The molecule has 1 N–H and O–H groups in total. The van der Waals surface area contributed by atoms with Crippen LogP contribution in [0.1, 0.15) is 0 Å². The second-order valence-electron chi connectivity index (χ2n) is 4.52. The SMILES string of the molecule is O=C(COc1ccc(Br)cc1Br)Nc1nc2c(F)cccc2s1. The molecule has 0 saturated carbocycles. The van der Waals surface area contributed by atoms with Gasteiger partial charge in [-0.1, -0.05) is 33.3 Å². The Bertz CT molecular complexity index is 885. The largest absolute Gasteiger partial charge is 0.483 e. The lowest BCUT2D eigenvalue weighted by atomic mass is 10.3. The van der Waals surface area contributed by atoms with E-state index in [4.69, 9.17) is 4.74 Å². The minimum Gasteiger partial charge on any atom is -0.483 e. The lowest BCUT2D eigenvalue weighted by molar-refractivity contribution is -0.118. The lowest BCUT2D eigenvalue weighted by Crippen LogP contribution is -2.20. The van der Waals surface area contributed by atoms with E-state index in [2.05, 4.69) is 42.2 Å². The molecule has 0 aliphatic heterocycles. The molecule has 23 heavy (non-hydrogen) atoms. The van der Waals surface area contributed by atoms with E-state index < -0.39 is 5.82 Å². The second-order valence-corrected chi connectivity index (χ2v) is 7.32.